The number of rotatable bonds is 51. The molecular weight excluding hydrogens is 919 g/mol. The van der Waals surface area contributed by atoms with E-state index in [1.165, 1.54) is 128 Å². The topological polar surface area (TPSA) is 175 Å². The summed E-state index contributed by atoms with van der Waals surface area (Å²) in [6.07, 6.45) is 56.4. The number of amides is 1. The highest BCUT2D eigenvalue weighted by atomic mass is 16.7. The van der Waals surface area contributed by atoms with E-state index in [1.54, 1.807) is 6.08 Å². The summed E-state index contributed by atoms with van der Waals surface area (Å²) >= 11 is 0. The van der Waals surface area contributed by atoms with Crippen LogP contribution in [0.4, 0.5) is 0 Å². The van der Waals surface area contributed by atoms with Crippen LogP contribution in [0, 0.1) is 0 Å². The zero-order valence-corrected chi connectivity index (χ0v) is 46.6. The minimum Gasteiger partial charge on any atom is -0.466 e. The number of carbonyl (C=O) groups excluding carboxylic acids is 2. The number of hydrogen-bond donors (Lipinski definition) is 6. The Kier molecular flexibility index (Phi) is 48.2. The fourth-order valence-electron chi connectivity index (χ4n) is 9.15. The maximum Gasteiger partial charge on any atom is 0.305 e. The Morgan fingerprint density at radius 3 is 1.51 bits per heavy atom. The fourth-order valence-corrected chi connectivity index (χ4v) is 9.15. The van der Waals surface area contributed by atoms with Gasteiger partial charge in [0.2, 0.25) is 5.91 Å². The van der Waals surface area contributed by atoms with E-state index in [0.29, 0.717) is 25.9 Å². The molecule has 0 aliphatic carbocycles. The van der Waals surface area contributed by atoms with Crippen LogP contribution < -0.4 is 5.32 Å². The van der Waals surface area contributed by atoms with Gasteiger partial charge < -0.3 is 45.1 Å². The van der Waals surface area contributed by atoms with Crippen molar-refractivity contribution in [1.82, 2.24) is 5.32 Å². The summed E-state index contributed by atoms with van der Waals surface area (Å²) in [6, 6.07) is -0.846. The molecule has 1 fully saturated rings. The summed E-state index contributed by atoms with van der Waals surface area (Å²) in [4.78, 5) is 25.1. The molecule has 0 aromatic rings. The maximum absolute atomic E-state index is 13.0. The van der Waals surface area contributed by atoms with Gasteiger partial charge in [-0.2, -0.15) is 0 Å². The number of allylic oxidation sites excluding steroid dienone is 9. The zero-order valence-electron chi connectivity index (χ0n) is 46.6. The Hall–Kier alpha value is -2.64. The lowest BCUT2D eigenvalue weighted by Gasteiger charge is -2.40. The molecule has 1 rings (SSSR count). The predicted octanol–water partition coefficient (Wildman–Crippen LogP) is 13.8. The van der Waals surface area contributed by atoms with E-state index in [2.05, 4.69) is 54.8 Å². The maximum atomic E-state index is 13.0. The predicted molar refractivity (Wildman–Crippen MR) is 301 cm³/mol. The van der Waals surface area contributed by atoms with E-state index < -0.39 is 49.5 Å². The first-order valence-corrected chi connectivity index (χ1v) is 30.0. The first-order valence-electron chi connectivity index (χ1n) is 30.0. The minimum atomic E-state index is -1.59. The highest BCUT2D eigenvalue weighted by Crippen LogP contribution is 2.23. The standard InChI is InChI=1S/C62H111NO10/c1-3-5-7-9-11-13-14-15-16-17-18-21-24-27-30-34-38-42-46-50-58(67)71-51-47-43-39-35-31-28-25-22-19-20-23-26-29-33-37-41-45-49-57(66)63-54(55(65)48-44-40-36-32-12-10-8-6-4-2)53-72-62-61(70)60(69)59(68)56(52-64)73-62/h4,6,12,19,22,28,31-32,44,48,54-56,59-62,64-65,68-70H,3,5,7-11,13-18,20-21,23-27,29-30,33-43,45-47,49-53H2,1-2H3,(H,63,66)/b6-4+,22-19-,31-28-,32-12+,48-44+. The molecule has 1 saturated heterocycles. The summed E-state index contributed by atoms with van der Waals surface area (Å²) in [7, 11) is 0. The lowest BCUT2D eigenvalue weighted by Crippen LogP contribution is -2.60. The van der Waals surface area contributed by atoms with Crippen molar-refractivity contribution in [1.29, 1.82) is 0 Å². The molecule has 11 nitrogen and oxygen atoms in total. The fraction of sp³-hybridized carbons (Fsp3) is 0.806. The zero-order chi connectivity index (χ0) is 53.1. The van der Waals surface area contributed by atoms with Gasteiger partial charge in [0.25, 0.3) is 0 Å². The van der Waals surface area contributed by atoms with Gasteiger partial charge in [-0.05, 0) is 90.4 Å². The third-order valence-electron chi connectivity index (χ3n) is 13.9. The van der Waals surface area contributed by atoms with Gasteiger partial charge in [0.05, 0.1) is 32.0 Å². The van der Waals surface area contributed by atoms with Crippen LogP contribution in [0.5, 0.6) is 0 Å². The molecule has 7 atom stereocenters. The normalized spacial score (nSPS) is 19.4. The van der Waals surface area contributed by atoms with Crippen molar-refractivity contribution in [3.63, 3.8) is 0 Å². The molecule has 424 valence electrons. The first-order chi connectivity index (χ1) is 35.7. The molecule has 0 radical (unpaired) electrons. The minimum absolute atomic E-state index is 0.0297. The second-order valence-corrected chi connectivity index (χ2v) is 20.7. The number of ether oxygens (including phenoxy) is 3. The van der Waals surface area contributed by atoms with Crippen LogP contribution in [-0.4, -0.2) is 100 Å². The average molecular weight is 1030 g/mol. The van der Waals surface area contributed by atoms with Crippen LogP contribution in [-0.2, 0) is 23.8 Å². The van der Waals surface area contributed by atoms with Gasteiger partial charge in [-0.3, -0.25) is 9.59 Å². The van der Waals surface area contributed by atoms with Crippen molar-refractivity contribution in [2.24, 2.45) is 0 Å². The molecule has 1 aliphatic rings. The molecule has 0 spiro atoms. The van der Waals surface area contributed by atoms with E-state index in [-0.39, 0.29) is 18.5 Å². The molecule has 1 amide bonds. The van der Waals surface area contributed by atoms with Gasteiger partial charge in [0.1, 0.15) is 24.4 Å². The molecule has 11 heteroatoms. The lowest BCUT2D eigenvalue weighted by molar-refractivity contribution is -0.302. The number of nitrogens with one attached hydrogen (secondary N) is 1. The number of hydrogen-bond acceptors (Lipinski definition) is 10. The smallest absolute Gasteiger partial charge is 0.305 e. The first kappa shape index (κ1) is 68.4. The summed E-state index contributed by atoms with van der Waals surface area (Å²) in [5.74, 6) is -0.246. The second kappa shape index (κ2) is 51.5. The Morgan fingerprint density at radius 1 is 0.534 bits per heavy atom. The number of unbranched alkanes of at least 4 members (excludes halogenated alkanes) is 30. The van der Waals surface area contributed by atoms with Crippen LogP contribution in [0.1, 0.15) is 258 Å². The third kappa shape index (κ3) is 41.2. The van der Waals surface area contributed by atoms with Gasteiger partial charge in [-0.1, -0.05) is 215 Å². The summed E-state index contributed by atoms with van der Waals surface area (Å²) in [5.41, 5.74) is 0. The van der Waals surface area contributed by atoms with Crippen LogP contribution in [0.25, 0.3) is 0 Å². The lowest BCUT2D eigenvalue weighted by atomic mass is 9.99. The van der Waals surface area contributed by atoms with Crippen molar-refractivity contribution in [2.75, 3.05) is 19.8 Å². The molecule has 0 saturated carbocycles. The second-order valence-electron chi connectivity index (χ2n) is 20.7. The number of aliphatic hydroxyl groups is 5. The molecule has 6 N–H and O–H groups in total. The summed E-state index contributed by atoms with van der Waals surface area (Å²) < 4.78 is 16.6. The van der Waals surface area contributed by atoms with Crippen molar-refractivity contribution in [2.45, 2.75) is 301 Å². The molecule has 1 aliphatic heterocycles. The van der Waals surface area contributed by atoms with Crippen molar-refractivity contribution < 1.29 is 49.3 Å². The highest BCUT2D eigenvalue weighted by Gasteiger charge is 2.44. The van der Waals surface area contributed by atoms with E-state index in [4.69, 9.17) is 14.2 Å². The monoisotopic (exact) mass is 1030 g/mol. The van der Waals surface area contributed by atoms with Crippen molar-refractivity contribution in [3.8, 4) is 0 Å². The average Bonchev–Trinajstić information content (AvgIpc) is 3.39. The largest absolute Gasteiger partial charge is 0.466 e. The summed E-state index contributed by atoms with van der Waals surface area (Å²) in [5, 5.41) is 54.1. The van der Waals surface area contributed by atoms with Gasteiger partial charge in [0.15, 0.2) is 6.29 Å². The molecule has 1 heterocycles. The SMILES string of the molecule is C/C=C/CC/C=C/CC/C=C/C(O)C(COC1OC(CO)C(O)C(O)C1O)NC(=O)CCCCCCCCC/C=C\C/C=C\CCCCCOC(=O)CCCCCCCCCCCCCCCCCCCCC. The van der Waals surface area contributed by atoms with E-state index in [9.17, 15) is 35.1 Å². The van der Waals surface area contributed by atoms with E-state index in [0.717, 1.165) is 96.3 Å². The Bertz CT molecular complexity index is 1400. The summed E-state index contributed by atoms with van der Waals surface area (Å²) in [6.45, 7) is 4.03. The number of aliphatic hydroxyl groups excluding tert-OH is 5. The van der Waals surface area contributed by atoms with Gasteiger partial charge in [-0.25, -0.2) is 0 Å². The quantitative estimate of drug-likeness (QED) is 0.0195. The van der Waals surface area contributed by atoms with Crippen LogP contribution in [0.2, 0.25) is 0 Å². The molecule has 0 aromatic carbocycles. The van der Waals surface area contributed by atoms with Gasteiger partial charge in [0, 0.05) is 12.8 Å². The molecule has 0 aromatic heterocycles. The Morgan fingerprint density at radius 2 is 0.986 bits per heavy atom. The van der Waals surface area contributed by atoms with Gasteiger partial charge in [-0.15, -0.1) is 0 Å². The molecule has 0 bridgehead atoms. The molecular formula is C62H111NO10. The highest BCUT2D eigenvalue weighted by molar-refractivity contribution is 5.76. The third-order valence-corrected chi connectivity index (χ3v) is 13.9. The van der Waals surface area contributed by atoms with Crippen molar-refractivity contribution >= 4 is 11.9 Å². The molecule has 7 unspecified atom stereocenters. The van der Waals surface area contributed by atoms with Gasteiger partial charge >= 0.3 is 5.97 Å². The molecule has 73 heavy (non-hydrogen) atoms. The van der Waals surface area contributed by atoms with Crippen molar-refractivity contribution in [3.05, 3.63) is 60.8 Å². The number of carbonyl (C=O) groups is 2. The Balaban J connectivity index is 2.04. The Labute approximate surface area is 446 Å². The van der Waals surface area contributed by atoms with Crippen LogP contribution in [0.3, 0.4) is 0 Å². The van der Waals surface area contributed by atoms with E-state index >= 15 is 0 Å². The van der Waals surface area contributed by atoms with E-state index in [1.807, 2.05) is 19.1 Å². The van der Waals surface area contributed by atoms with Crippen LogP contribution in [0.15, 0.2) is 60.8 Å². The number of esters is 1. The van der Waals surface area contributed by atoms with Crippen LogP contribution >= 0.6 is 0 Å².